The molecule has 3 aromatic carbocycles. The van der Waals surface area contributed by atoms with Crippen molar-refractivity contribution in [2.75, 3.05) is 19.1 Å². The van der Waals surface area contributed by atoms with Gasteiger partial charge in [-0.1, -0.05) is 35.9 Å². The molecule has 1 N–H and O–H groups in total. The molecule has 0 unspecified atom stereocenters. The van der Waals surface area contributed by atoms with E-state index in [4.69, 9.17) is 32.7 Å². The predicted octanol–water partition coefficient (Wildman–Crippen LogP) is 8.53. The molecule has 45 heavy (non-hydrogen) atoms. The fraction of sp³-hybridized carbons (Fsp3) is 0.194. The Hall–Kier alpha value is -4.42. The van der Waals surface area contributed by atoms with Gasteiger partial charge in [-0.15, -0.1) is 0 Å². The van der Waals surface area contributed by atoms with Gasteiger partial charge in [-0.25, -0.2) is 18.7 Å². The van der Waals surface area contributed by atoms with E-state index in [1.807, 2.05) is 0 Å². The van der Waals surface area contributed by atoms with Crippen LogP contribution < -0.4 is 14.4 Å². The Balaban J connectivity index is 1.76. The number of nitrogens with zero attached hydrogens (tertiary/aromatic N) is 4. The van der Waals surface area contributed by atoms with Crippen LogP contribution in [0.1, 0.15) is 22.3 Å². The van der Waals surface area contributed by atoms with Gasteiger partial charge >= 0.3 is 6.18 Å². The van der Waals surface area contributed by atoms with E-state index in [0.29, 0.717) is 22.6 Å². The fourth-order valence-corrected chi connectivity index (χ4v) is 5.33. The smallest absolute Gasteiger partial charge is 0.418 e. The molecule has 2 aromatic heterocycles. The van der Waals surface area contributed by atoms with Crippen molar-refractivity contribution < 1.29 is 36.5 Å². The second-order valence-corrected chi connectivity index (χ2v) is 10.7. The number of fused-ring (bicyclic) bond motifs is 1. The number of aromatic nitrogens is 3. The molecule has 0 saturated carbocycles. The first-order valence-corrected chi connectivity index (χ1v) is 13.9. The third-order valence-corrected chi connectivity index (χ3v) is 7.54. The summed E-state index contributed by atoms with van der Waals surface area (Å²) in [7, 11) is 2.99. The van der Waals surface area contributed by atoms with Crippen LogP contribution >= 0.6 is 23.2 Å². The number of methoxy groups -OCH3 is 2. The molecular weight excluding hydrogens is 642 g/mol. The SMILES string of the molecule is COc1ccc(CN(Cc2ccc(OC)cc2)c2nc(-c3c(Cl)cc4c(O)nc(Cl)nc4c3F)c(C(F)(F)F)c(C)c2F)cc1. The lowest BCUT2D eigenvalue weighted by atomic mass is 9.98. The average molecular weight is 665 g/mol. The number of anilines is 1. The van der Waals surface area contributed by atoms with Gasteiger partial charge in [-0.2, -0.15) is 18.2 Å². The van der Waals surface area contributed by atoms with Crippen molar-refractivity contribution in [2.24, 2.45) is 0 Å². The number of pyridine rings is 1. The van der Waals surface area contributed by atoms with Crippen molar-refractivity contribution in [2.45, 2.75) is 26.2 Å². The van der Waals surface area contributed by atoms with Crippen LogP contribution in [-0.4, -0.2) is 34.3 Å². The molecule has 2 heterocycles. The number of benzene rings is 3. The lowest BCUT2D eigenvalue weighted by Gasteiger charge is -2.28. The molecule has 0 fully saturated rings. The summed E-state index contributed by atoms with van der Waals surface area (Å²) in [5.74, 6) is -2.70. The summed E-state index contributed by atoms with van der Waals surface area (Å²) in [5.41, 5.74) is -3.41. The van der Waals surface area contributed by atoms with Crippen molar-refractivity contribution in [1.29, 1.82) is 0 Å². The third-order valence-electron chi connectivity index (χ3n) is 7.08. The topological polar surface area (TPSA) is 80.6 Å². The first kappa shape index (κ1) is 32.0. The lowest BCUT2D eigenvalue weighted by molar-refractivity contribution is -0.137. The fourth-order valence-electron chi connectivity index (χ4n) is 4.88. The Labute approximate surface area is 263 Å². The summed E-state index contributed by atoms with van der Waals surface area (Å²) >= 11 is 12.1. The minimum absolute atomic E-state index is 0.00513. The summed E-state index contributed by atoms with van der Waals surface area (Å²) in [6, 6.07) is 14.6. The number of hydrogen-bond acceptors (Lipinski definition) is 7. The standard InChI is InChI=1S/C31H23Cl2F5N4O3/c1-15-23(31(36,37)38)27(22-21(32)12-20-26(25(22)35)40-30(33)41-29(20)43)39-28(24(15)34)42(13-16-4-8-18(44-2)9-5-16)14-17-6-10-19(45-3)11-7-17/h4-12H,13-14H2,1-3H3,(H,40,41,43). The number of halogens is 7. The molecule has 0 saturated heterocycles. The molecule has 0 aliphatic heterocycles. The molecule has 0 radical (unpaired) electrons. The van der Waals surface area contributed by atoms with E-state index >= 15 is 8.78 Å². The summed E-state index contributed by atoms with van der Waals surface area (Å²) in [6.45, 7) is 0.924. The van der Waals surface area contributed by atoms with Gasteiger partial charge in [0.05, 0.1) is 41.4 Å². The molecule has 5 aromatic rings. The van der Waals surface area contributed by atoms with Gasteiger partial charge in [-0.05, 0) is 60.0 Å². The van der Waals surface area contributed by atoms with E-state index in [-0.39, 0.29) is 18.5 Å². The van der Waals surface area contributed by atoms with Crippen molar-refractivity contribution in [3.63, 3.8) is 0 Å². The van der Waals surface area contributed by atoms with Gasteiger partial charge in [-0.3, -0.25) is 0 Å². The molecular formula is C31H23Cl2F5N4O3. The van der Waals surface area contributed by atoms with Gasteiger partial charge in [0.2, 0.25) is 11.2 Å². The van der Waals surface area contributed by atoms with Crippen molar-refractivity contribution in [1.82, 2.24) is 15.0 Å². The van der Waals surface area contributed by atoms with E-state index < -0.39 is 67.7 Å². The van der Waals surface area contributed by atoms with E-state index in [9.17, 15) is 18.3 Å². The Morgan fingerprint density at radius 1 is 0.822 bits per heavy atom. The van der Waals surface area contributed by atoms with Crippen LogP contribution in [0.2, 0.25) is 10.3 Å². The quantitative estimate of drug-likeness (QED) is 0.132. The molecule has 0 aliphatic rings. The highest BCUT2D eigenvalue weighted by Gasteiger charge is 2.41. The molecule has 14 heteroatoms. The number of ether oxygens (including phenoxy) is 2. The summed E-state index contributed by atoms with van der Waals surface area (Å²) < 4.78 is 86.2. The minimum atomic E-state index is -5.17. The second-order valence-electron chi connectivity index (χ2n) is 9.91. The molecule has 234 valence electrons. The number of alkyl halides is 3. The first-order valence-electron chi connectivity index (χ1n) is 13.1. The van der Waals surface area contributed by atoms with Crippen LogP contribution in [0.15, 0.2) is 54.6 Å². The van der Waals surface area contributed by atoms with E-state index in [1.165, 1.54) is 19.1 Å². The maximum absolute atomic E-state index is 16.1. The summed E-state index contributed by atoms with van der Waals surface area (Å²) in [4.78, 5) is 12.8. The molecule has 0 aliphatic carbocycles. The van der Waals surface area contributed by atoms with Crippen molar-refractivity contribution in [3.8, 4) is 28.6 Å². The van der Waals surface area contributed by atoms with Crippen LogP contribution in [0.3, 0.4) is 0 Å². The van der Waals surface area contributed by atoms with E-state index in [2.05, 4.69) is 15.0 Å². The van der Waals surface area contributed by atoms with Gasteiger partial charge in [0.1, 0.15) is 17.0 Å². The zero-order chi connectivity index (χ0) is 32.6. The van der Waals surface area contributed by atoms with Crippen LogP contribution in [-0.2, 0) is 19.3 Å². The zero-order valence-electron chi connectivity index (χ0n) is 23.8. The Morgan fingerprint density at radius 2 is 1.36 bits per heavy atom. The molecule has 0 bridgehead atoms. The van der Waals surface area contributed by atoms with Gasteiger partial charge in [0, 0.05) is 18.7 Å². The van der Waals surface area contributed by atoms with E-state index in [0.717, 1.165) is 13.0 Å². The van der Waals surface area contributed by atoms with Crippen LogP contribution in [0.25, 0.3) is 22.2 Å². The molecule has 0 amide bonds. The van der Waals surface area contributed by atoms with Gasteiger partial charge in [0.25, 0.3) is 0 Å². The van der Waals surface area contributed by atoms with Gasteiger partial charge < -0.3 is 19.5 Å². The number of hydrogen-bond donors (Lipinski definition) is 1. The molecule has 0 spiro atoms. The van der Waals surface area contributed by atoms with Crippen LogP contribution in [0.5, 0.6) is 17.4 Å². The van der Waals surface area contributed by atoms with E-state index in [1.54, 1.807) is 48.5 Å². The normalized spacial score (nSPS) is 11.6. The third kappa shape index (κ3) is 6.38. The second kappa shape index (κ2) is 12.5. The molecule has 7 nitrogen and oxygen atoms in total. The maximum atomic E-state index is 16.1. The highest BCUT2D eigenvalue weighted by molar-refractivity contribution is 6.34. The predicted molar refractivity (Wildman–Crippen MR) is 160 cm³/mol. The van der Waals surface area contributed by atoms with Crippen molar-refractivity contribution >= 4 is 39.9 Å². The Morgan fingerprint density at radius 3 is 1.84 bits per heavy atom. The van der Waals surface area contributed by atoms with Gasteiger partial charge in [0.15, 0.2) is 17.5 Å². The highest BCUT2D eigenvalue weighted by atomic mass is 35.5. The van der Waals surface area contributed by atoms with Crippen LogP contribution in [0.4, 0.5) is 27.8 Å². The highest BCUT2D eigenvalue weighted by Crippen LogP contribution is 2.46. The average Bonchev–Trinajstić information content (AvgIpc) is 2.99. The van der Waals surface area contributed by atoms with Crippen LogP contribution in [0, 0.1) is 18.6 Å². The largest absolute Gasteiger partial charge is 0.497 e. The number of rotatable bonds is 8. The monoisotopic (exact) mass is 664 g/mol. The molecule has 5 rings (SSSR count). The minimum Gasteiger partial charge on any atom is -0.497 e. The first-order chi connectivity index (χ1) is 21.3. The summed E-state index contributed by atoms with van der Waals surface area (Å²) in [6.07, 6.45) is -5.17. The number of aromatic hydroxyl groups is 1. The van der Waals surface area contributed by atoms with Crippen molar-refractivity contribution in [3.05, 3.63) is 98.8 Å². The maximum Gasteiger partial charge on any atom is 0.418 e. The molecule has 0 atom stereocenters. The Kier molecular flexibility index (Phi) is 8.90. The summed E-state index contributed by atoms with van der Waals surface area (Å²) in [5, 5.41) is 8.76. The zero-order valence-corrected chi connectivity index (χ0v) is 25.3. The Bertz CT molecular complexity index is 1840. The lowest BCUT2D eigenvalue weighted by Crippen LogP contribution is -2.26.